The summed E-state index contributed by atoms with van der Waals surface area (Å²) >= 11 is 0. The number of hydrogen-bond acceptors (Lipinski definition) is 4. The Hall–Kier alpha value is -2.60. The fraction of sp³-hybridized carbons (Fsp3) is 0.368. The van der Waals surface area contributed by atoms with Crippen molar-refractivity contribution in [2.75, 3.05) is 5.32 Å². The largest absolute Gasteiger partial charge is 0.444 e. The Morgan fingerprint density at radius 1 is 1.16 bits per heavy atom. The van der Waals surface area contributed by atoms with Gasteiger partial charge in [-0.15, -0.1) is 0 Å². The Morgan fingerprint density at radius 2 is 1.84 bits per heavy atom. The summed E-state index contributed by atoms with van der Waals surface area (Å²) in [6.07, 6.45) is -0.991. The molecule has 2 aromatic rings. The topological polar surface area (TPSA) is 93.5 Å². The summed E-state index contributed by atoms with van der Waals surface area (Å²) in [6, 6.07) is 11.3. The molecular weight excluding hydrogens is 318 g/mol. The van der Waals surface area contributed by atoms with E-state index in [1.165, 1.54) is 0 Å². The first-order valence-electron chi connectivity index (χ1n) is 8.28. The molecule has 0 aromatic heterocycles. The van der Waals surface area contributed by atoms with Crippen LogP contribution in [0.5, 0.6) is 0 Å². The van der Waals surface area contributed by atoms with Crippen LogP contribution >= 0.6 is 0 Å². The Kier molecular flexibility index (Phi) is 5.64. The third kappa shape index (κ3) is 4.93. The molecule has 0 bridgehead atoms. The van der Waals surface area contributed by atoms with E-state index < -0.39 is 17.9 Å². The second kappa shape index (κ2) is 7.53. The summed E-state index contributed by atoms with van der Waals surface area (Å²) in [5.41, 5.74) is 6.76. The molecule has 4 N–H and O–H groups in total. The summed E-state index contributed by atoms with van der Waals surface area (Å²) < 4.78 is 5.31. The predicted molar refractivity (Wildman–Crippen MR) is 99.2 cm³/mol. The highest BCUT2D eigenvalue weighted by molar-refractivity contribution is 5.95. The Labute approximate surface area is 147 Å². The number of fused-ring (bicyclic) bond motifs is 1. The van der Waals surface area contributed by atoms with E-state index >= 15 is 0 Å². The fourth-order valence-corrected chi connectivity index (χ4v) is 2.50. The van der Waals surface area contributed by atoms with Crippen molar-refractivity contribution in [2.45, 2.75) is 45.9 Å². The normalized spacial score (nSPS) is 12.5. The zero-order valence-electron chi connectivity index (χ0n) is 15.1. The molecule has 1 atom stereocenters. The van der Waals surface area contributed by atoms with E-state index in [1.54, 1.807) is 33.8 Å². The first-order chi connectivity index (χ1) is 11.7. The second-order valence-electron chi connectivity index (χ2n) is 6.77. The summed E-state index contributed by atoms with van der Waals surface area (Å²) in [6.45, 7) is 7.13. The molecule has 0 aliphatic heterocycles. The van der Waals surface area contributed by atoms with Gasteiger partial charge in [-0.05, 0) is 37.6 Å². The Bertz CT molecular complexity index is 781. The van der Waals surface area contributed by atoms with Gasteiger partial charge in [0.2, 0.25) is 5.91 Å². The lowest BCUT2D eigenvalue weighted by Gasteiger charge is -2.23. The summed E-state index contributed by atoms with van der Waals surface area (Å²) in [7, 11) is 0. The lowest BCUT2D eigenvalue weighted by atomic mass is 10.00. The van der Waals surface area contributed by atoms with E-state index in [9.17, 15) is 9.59 Å². The maximum absolute atomic E-state index is 12.2. The van der Waals surface area contributed by atoms with E-state index in [2.05, 4.69) is 10.6 Å². The maximum atomic E-state index is 12.2. The predicted octanol–water partition coefficient (Wildman–Crippen LogP) is 3.67. The number of amides is 2. The van der Waals surface area contributed by atoms with Crippen molar-refractivity contribution in [1.29, 1.82) is 0 Å². The number of nitrogens with two attached hydrogens (primary N) is 1. The van der Waals surface area contributed by atoms with Gasteiger partial charge in [-0.2, -0.15) is 0 Å². The van der Waals surface area contributed by atoms with Gasteiger partial charge in [-0.3, -0.25) is 10.1 Å². The number of ether oxygens (including phenoxy) is 1. The van der Waals surface area contributed by atoms with Gasteiger partial charge in [-0.1, -0.05) is 37.3 Å². The molecule has 134 valence electrons. The highest BCUT2D eigenvalue weighted by atomic mass is 16.6. The first kappa shape index (κ1) is 18.7. The van der Waals surface area contributed by atoms with E-state index in [4.69, 9.17) is 10.5 Å². The molecule has 0 fully saturated rings. The number of carbonyl (C=O) groups excluding carboxylic acids is 2. The third-order valence-electron chi connectivity index (χ3n) is 3.55. The quantitative estimate of drug-likeness (QED) is 0.738. The van der Waals surface area contributed by atoms with E-state index in [1.807, 2.05) is 30.3 Å². The number of benzene rings is 2. The van der Waals surface area contributed by atoms with Crippen LogP contribution in [-0.4, -0.2) is 17.6 Å². The number of rotatable bonds is 4. The van der Waals surface area contributed by atoms with Crippen LogP contribution in [-0.2, 0) is 9.53 Å². The van der Waals surface area contributed by atoms with Crippen molar-refractivity contribution in [2.24, 2.45) is 5.73 Å². The van der Waals surface area contributed by atoms with Crippen molar-refractivity contribution in [3.63, 3.8) is 0 Å². The van der Waals surface area contributed by atoms with Crippen molar-refractivity contribution in [3.8, 4) is 0 Å². The monoisotopic (exact) mass is 343 g/mol. The molecule has 0 radical (unpaired) electrons. The van der Waals surface area contributed by atoms with Crippen LogP contribution in [0.2, 0.25) is 0 Å². The molecule has 0 heterocycles. The van der Waals surface area contributed by atoms with Gasteiger partial charge in [-0.25, -0.2) is 4.79 Å². The van der Waals surface area contributed by atoms with E-state index in [0.717, 1.165) is 10.8 Å². The number of carbonyl (C=O) groups is 2. The van der Waals surface area contributed by atoms with Crippen LogP contribution in [0.4, 0.5) is 10.5 Å². The SMILES string of the molecule is CCC(=O)NC(N)c1c(NC(=O)OC(C)(C)C)ccc2ccccc12. The van der Waals surface area contributed by atoms with Crippen LogP contribution in [0.1, 0.15) is 45.8 Å². The number of nitrogens with one attached hydrogen (secondary N) is 2. The van der Waals surface area contributed by atoms with Crippen LogP contribution in [0.15, 0.2) is 36.4 Å². The summed E-state index contributed by atoms with van der Waals surface area (Å²) in [4.78, 5) is 23.9. The molecule has 0 aliphatic carbocycles. The van der Waals surface area contributed by atoms with E-state index in [0.29, 0.717) is 17.7 Å². The molecule has 6 heteroatoms. The van der Waals surface area contributed by atoms with Crippen LogP contribution in [0, 0.1) is 0 Å². The highest BCUT2D eigenvalue weighted by Crippen LogP contribution is 2.30. The lowest BCUT2D eigenvalue weighted by Crippen LogP contribution is -2.35. The van der Waals surface area contributed by atoms with Crippen LogP contribution < -0.4 is 16.4 Å². The molecule has 0 spiro atoms. The molecule has 0 saturated carbocycles. The maximum Gasteiger partial charge on any atom is 0.412 e. The molecule has 2 rings (SSSR count). The van der Waals surface area contributed by atoms with Crippen LogP contribution in [0.3, 0.4) is 0 Å². The minimum Gasteiger partial charge on any atom is -0.444 e. The molecule has 2 amide bonds. The molecule has 2 aromatic carbocycles. The number of hydrogen-bond donors (Lipinski definition) is 3. The smallest absolute Gasteiger partial charge is 0.412 e. The molecule has 1 unspecified atom stereocenters. The Balaban J connectivity index is 2.43. The average molecular weight is 343 g/mol. The van der Waals surface area contributed by atoms with Gasteiger partial charge in [0.05, 0.1) is 5.69 Å². The van der Waals surface area contributed by atoms with Crippen molar-refractivity contribution in [3.05, 3.63) is 42.0 Å². The van der Waals surface area contributed by atoms with Crippen molar-refractivity contribution >= 4 is 28.5 Å². The highest BCUT2D eigenvalue weighted by Gasteiger charge is 2.21. The van der Waals surface area contributed by atoms with E-state index in [-0.39, 0.29) is 5.91 Å². The zero-order chi connectivity index (χ0) is 18.6. The van der Waals surface area contributed by atoms with Gasteiger partial charge in [0, 0.05) is 12.0 Å². The van der Waals surface area contributed by atoms with Crippen LogP contribution in [0.25, 0.3) is 10.8 Å². The van der Waals surface area contributed by atoms with Gasteiger partial charge < -0.3 is 15.8 Å². The minimum absolute atomic E-state index is 0.163. The molecule has 0 saturated heterocycles. The summed E-state index contributed by atoms with van der Waals surface area (Å²) in [5, 5.41) is 7.31. The van der Waals surface area contributed by atoms with Crippen molar-refractivity contribution in [1.82, 2.24) is 5.32 Å². The van der Waals surface area contributed by atoms with Gasteiger partial charge in [0.15, 0.2) is 0 Å². The van der Waals surface area contributed by atoms with Gasteiger partial charge in [0.1, 0.15) is 11.8 Å². The molecule has 0 aliphatic rings. The Morgan fingerprint density at radius 3 is 2.48 bits per heavy atom. The molecule has 25 heavy (non-hydrogen) atoms. The lowest BCUT2D eigenvalue weighted by molar-refractivity contribution is -0.121. The standard InChI is InChI=1S/C19H25N3O3/c1-5-15(23)22-17(20)16-13-9-7-6-8-12(13)10-11-14(16)21-18(24)25-19(2,3)4/h6-11,17H,5,20H2,1-4H3,(H,21,24)(H,22,23). The molecular formula is C19H25N3O3. The van der Waals surface area contributed by atoms with Gasteiger partial charge in [0.25, 0.3) is 0 Å². The number of anilines is 1. The molecule has 6 nitrogen and oxygen atoms in total. The van der Waals surface area contributed by atoms with Gasteiger partial charge >= 0.3 is 6.09 Å². The first-order valence-corrected chi connectivity index (χ1v) is 8.28. The summed E-state index contributed by atoms with van der Waals surface area (Å²) in [5.74, 6) is -0.163. The third-order valence-corrected chi connectivity index (χ3v) is 3.55. The van der Waals surface area contributed by atoms with Crippen molar-refractivity contribution < 1.29 is 14.3 Å². The zero-order valence-corrected chi connectivity index (χ0v) is 15.1. The average Bonchev–Trinajstić information content (AvgIpc) is 2.52. The fourth-order valence-electron chi connectivity index (χ4n) is 2.50. The minimum atomic E-state index is -0.747. The second-order valence-corrected chi connectivity index (χ2v) is 6.77.